The molecule has 78 valence electrons. The molecule has 0 radical (unpaired) electrons. The van der Waals surface area contributed by atoms with Crippen LogP contribution in [-0.2, 0) is 4.74 Å². The second-order valence-electron chi connectivity index (χ2n) is 3.05. The van der Waals surface area contributed by atoms with Crippen LogP contribution in [0.25, 0.3) is 0 Å². The number of ether oxygens (including phenoxy) is 1. The molecular weight excluding hydrogens is 192 g/mol. The molecule has 5 heteroatoms. The molecule has 1 fully saturated rings. The maximum absolute atomic E-state index is 11.2. The molecule has 0 aromatic rings. The van der Waals surface area contributed by atoms with Gasteiger partial charge >= 0.3 is 6.09 Å². The highest BCUT2D eigenvalue weighted by molar-refractivity contribution is 5.85. The molecule has 1 saturated heterocycles. The van der Waals surface area contributed by atoms with Crippen LogP contribution in [0.1, 0.15) is 19.3 Å². The fraction of sp³-hybridized carbons (Fsp3) is 0.875. The van der Waals surface area contributed by atoms with Crippen molar-refractivity contribution < 1.29 is 9.53 Å². The highest BCUT2D eigenvalue weighted by Gasteiger charge is 2.25. The molecule has 2 N–H and O–H groups in total. The molecule has 0 saturated carbocycles. The molecule has 1 amide bonds. The lowest BCUT2D eigenvalue weighted by molar-refractivity contribution is 0.0917. The number of halogens is 1. The summed E-state index contributed by atoms with van der Waals surface area (Å²) in [6.07, 6.45) is 2.98. The zero-order chi connectivity index (χ0) is 8.97. The fourth-order valence-corrected chi connectivity index (χ4v) is 1.60. The summed E-state index contributed by atoms with van der Waals surface area (Å²) in [6, 6.07) is 0.186. The van der Waals surface area contributed by atoms with Crippen molar-refractivity contribution in [3.05, 3.63) is 0 Å². The van der Waals surface area contributed by atoms with E-state index in [2.05, 4.69) is 4.74 Å². The van der Waals surface area contributed by atoms with Crippen molar-refractivity contribution in [2.24, 2.45) is 5.73 Å². The SMILES string of the molecule is COC(=O)N1CCCCC1CN.Cl. The van der Waals surface area contributed by atoms with Crippen molar-refractivity contribution in [1.29, 1.82) is 0 Å². The van der Waals surface area contributed by atoms with Crippen LogP contribution in [0, 0.1) is 0 Å². The number of carbonyl (C=O) groups is 1. The van der Waals surface area contributed by atoms with Crippen molar-refractivity contribution in [2.45, 2.75) is 25.3 Å². The first kappa shape index (κ1) is 12.5. The van der Waals surface area contributed by atoms with E-state index in [0.717, 1.165) is 25.8 Å². The lowest BCUT2D eigenvalue weighted by atomic mass is 10.0. The highest BCUT2D eigenvalue weighted by Crippen LogP contribution is 2.16. The van der Waals surface area contributed by atoms with Gasteiger partial charge in [-0.1, -0.05) is 0 Å². The van der Waals surface area contributed by atoms with Gasteiger partial charge in [0.25, 0.3) is 0 Å². The minimum absolute atomic E-state index is 0. The second-order valence-corrected chi connectivity index (χ2v) is 3.05. The Kier molecular flexibility index (Phi) is 5.82. The van der Waals surface area contributed by atoms with Crippen LogP contribution in [0.5, 0.6) is 0 Å². The number of piperidine rings is 1. The summed E-state index contributed by atoms with van der Waals surface area (Å²) in [5, 5.41) is 0. The van der Waals surface area contributed by atoms with Crippen LogP contribution < -0.4 is 5.73 Å². The maximum Gasteiger partial charge on any atom is 0.409 e. The normalized spacial score (nSPS) is 22.0. The average Bonchev–Trinajstić information content (AvgIpc) is 2.16. The third kappa shape index (κ3) is 3.04. The summed E-state index contributed by atoms with van der Waals surface area (Å²) in [4.78, 5) is 12.9. The Morgan fingerprint density at radius 2 is 2.31 bits per heavy atom. The van der Waals surface area contributed by atoms with Crippen molar-refractivity contribution in [3.63, 3.8) is 0 Å². The first-order valence-corrected chi connectivity index (χ1v) is 4.34. The molecular formula is C8H17ClN2O2. The first-order valence-electron chi connectivity index (χ1n) is 4.34. The van der Waals surface area contributed by atoms with Crippen LogP contribution >= 0.6 is 12.4 Å². The molecule has 0 aliphatic carbocycles. The van der Waals surface area contributed by atoms with E-state index in [1.807, 2.05) is 0 Å². The number of nitrogens with two attached hydrogens (primary N) is 1. The number of carbonyl (C=O) groups excluding carboxylic acids is 1. The van der Waals surface area contributed by atoms with E-state index in [4.69, 9.17) is 5.73 Å². The molecule has 0 spiro atoms. The standard InChI is InChI=1S/C8H16N2O2.ClH/c1-12-8(11)10-5-3-2-4-7(10)6-9;/h7H,2-6,9H2,1H3;1H. The van der Waals surface area contributed by atoms with Gasteiger partial charge in [0.05, 0.1) is 7.11 Å². The Morgan fingerprint density at radius 3 is 2.85 bits per heavy atom. The van der Waals surface area contributed by atoms with Gasteiger partial charge in [-0.15, -0.1) is 12.4 Å². The van der Waals surface area contributed by atoms with Crippen molar-refractivity contribution in [2.75, 3.05) is 20.2 Å². The summed E-state index contributed by atoms with van der Waals surface area (Å²) < 4.78 is 4.65. The second kappa shape index (κ2) is 6.05. The number of hydrogen-bond acceptors (Lipinski definition) is 3. The van der Waals surface area contributed by atoms with Gasteiger partial charge in [0.2, 0.25) is 0 Å². The van der Waals surface area contributed by atoms with Crippen LogP contribution in [0.2, 0.25) is 0 Å². The zero-order valence-corrected chi connectivity index (χ0v) is 8.68. The van der Waals surface area contributed by atoms with E-state index in [0.29, 0.717) is 6.54 Å². The molecule has 1 aliphatic rings. The summed E-state index contributed by atoms with van der Waals surface area (Å²) in [5.41, 5.74) is 5.54. The van der Waals surface area contributed by atoms with Gasteiger partial charge in [-0.2, -0.15) is 0 Å². The number of nitrogens with zero attached hydrogens (tertiary/aromatic N) is 1. The monoisotopic (exact) mass is 208 g/mol. The number of methoxy groups -OCH3 is 1. The number of rotatable bonds is 1. The third-order valence-corrected chi connectivity index (χ3v) is 2.31. The molecule has 4 nitrogen and oxygen atoms in total. The van der Waals surface area contributed by atoms with Crippen LogP contribution in [0.3, 0.4) is 0 Å². The molecule has 1 unspecified atom stereocenters. The average molecular weight is 209 g/mol. The quantitative estimate of drug-likeness (QED) is 0.699. The Balaban J connectivity index is 0.00000144. The van der Waals surface area contributed by atoms with Gasteiger partial charge in [-0.05, 0) is 19.3 Å². The maximum atomic E-state index is 11.2. The number of amides is 1. The van der Waals surface area contributed by atoms with Gasteiger partial charge in [-0.3, -0.25) is 0 Å². The van der Waals surface area contributed by atoms with Gasteiger partial charge in [0.15, 0.2) is 0 Å². The molecule has 1 atom stereocenters. The third-order valence-electron chi connectivity index (χ3n) is 2.31. The molecule has 0 bridgehead atoms. The fourth-order valence-electron chi connectivity index (χ4n) is 1.60. The van der Waals surface area contributed by atoms with E-state index in [-0.39, 0.29) is 24.5 Å². The Hall–Kier alpha value is -0.480. The largest absolute Gasteiger partial charge is 0.453 e. The molecule has 13 heavy (non-hydrogen) atoms. The first-order chi connectivity index (χ1) is 5.79. The predicted molar refractivity (Wildman–Crippen MR) is 53.1 cm³/mol. The number of likely N-dealkylation sites (tertiary alicyclic amines) is 1. The van der Waals surface area contributed by atoms with Crippen LogP contribution in [0.15, 0.2) is 0 Å². The van der Waals surface area contributed by atoms with E-state index in [9.17, 15) is 4.79 Å². The topological polar surface area (TPSA) is 55.6 Å². The molecule has 1 rings (SSSR count). The zero-order valence-electron chi connectivity index (χ0n) is 7.86. The molecule has 0 aromatic heterocycles. The van der Waals surface area contributed by atoms with E-state index < -0.39 is 0 Å². The van der Waals surface area contributed by atoms with Gasteiger partial charge < -0.3 is 15.4 Å². The Bertz CT molecular complexity index is 166. The smallest absolute Gasteiger partial charge is 0.409 e. The molecule has 1 aliphatic heterocycles. The molecule has 0 aromatic carbocycles. The highest BCUT2D eigenvalue weighted by atomic mass is 35.5. The Labute approximate surface area is 84.8 Å². The summed E-state index contributed by atoms with van der Waals surface area (Å²) in [6.45, 7) is 1.32. The van der Waals surface area contributed by atoms with Crippen molar-refractivity contribution in [3.8, 4) is 0 Å². The minimum atomic E-state index is -0.245. The van der Waals surface area contributed by atoms with Crippen molar-refractivity contribution >= 4 is 18.5 Å². The number of hydrogen-bond donors (Lipinski definition) is 1. The summed E-state index contributed by atoms with van der Waals surface area (Å²) in [5.74, 6) is 0. The summed E-state index contributed by atoms with van der Waals surface area (Å²) in [7, 11) is 1.41. The lowest BCUT2D eigenvalue weighted by Crippen LogP contribution is -2.47. The van der Waals surface area contributed by atoms with Gasteiger partial charge in [0.1, 0.15) is 0 Å². The van der Waals surface area contributed by atoms with Gasteiger partial charge in [-0.25, -0.2) is 4.79 Å². The summed E-state index contributed by atoms with van der Waals surface area (Å²) >= 11 is 0. The molecule has 1 heterocycles. The Morgan fingerprint density at radius 1 is 1.62 bits per heavy atom. The minimum Gasteiger partial charge on any atom is -0.453 e. The van der Waals surface area contributed by atoms with E-state index in [1.54, 1.807) is 4.90 Å². The van der Waals surface area contributed by atoms with Crippen LogP contribution in [-0.4, -0.2) is 37.2 Å². The van der Waals surface area contributed by atoms with Gasteiger partial charge in [0, 0.05) is 19.1 Å². The predicted octanol–water partition coefficient (Wildman–Crippen LogP) is 0.988. The van der Waals surface area contributed by atoms with E-state index >= 15 is 0 Å². The van der Waals surface area contributed by atoms with Crippen LogP contribution in [0.4, 0.5) is 4.79 Å². The van der Waals surface area contributed by atoms with E-state index in [1.165, 1.54) is 7.11 Å². The van der Waals surface area contributed by atoms with Crippen molar-refractivity contribution in [1.82, 2.24) is 4.90 Å². The lowest BCUT2D eigenvalue weighted by Gasteiger charge is -2.33.